The van der Waals surface area contributed by atoms with Gasteiger partial charge in [0.05, 0.1) is 17.1 Å². The number of carbonyl (C=O) groups excluding carboxylic acids is 1. The summed E-state index contributed by atoms with van der Waals surface area (Å²) in [5, 5.41) is 6.75. The first kappa shape index (κ1) is 17.6. The number of hydrogen-bond donors (Lipinski definition) is 1. The lowest BCUT2D eigenvalue weighted by atomic mass is 10.0. The zero-order chi connectivity index (χ0) is 19.8. The van der Waals surface area contributed by atoms with E-state index in [0.29, 0.717) is 22.8 Å². The van der Waals surface area contributed by atoms with E-state index in [1.54, 1.807) is 29.3 Å². The smallest absolute Gasteiger partial charge is 0.274 e. The average Bonchev–Trinajstić information content (AvgIpc) is 3.38. The standard InChI is InChI=1S/C23H17ClN4O/c24-17-10-6-9-16(13-17)23(29)28-21(15-7-2-1-3-8-15)14-20(27-28)22-25-18-11-4-5-12-19(18)26-22/h1-13,21H,14H2,(H,25,26)/t21-/m0/s1. The van der Waals surface area contributed by atoms with Gasteiger partial charge in [0.2, 0.25) is 0 Å². The molecule has 5 nitrogen and oxygen atoms in total. The molecule has 1 aromatic heterocycles. The summed E-state index contributed by atoms with van der Waals surface area (Å²) < 4.78 is 0. The number of H-pyrrole nitrogens is 1. The molecule has 0 bridgehead atoms. The van der Waals surface area contributed by atoms with Crippen molar-refractivity contribution in [2.75, 3.05) is 0 Å². The van der Waals surface area contributed by atoms with Crippen molar-refractivity contribution >= 4 is 34.3 Å². The SMILES string of the molecule is O=C(c1cccc(Cl)c1)N1N=C(c2nc3ccccc3[nH]2)C[C@H]1c1ccccc1. The largest absolute Gasteiger partial charge is 0.337 e. The Morgan fingerprint density at radius 2 is 1.79 bits per heavy atom. The van der Waals surface area contributed by atoms with Crippen molar-refractivity contribution in [2.45, 2.75) is 12.5 Å². The van der Waals surface area contributed by atoms with Crippen molar-refractivity contribution in [3.63, 3.8) is 0 Å². The molecule has 0 unspecified atom stereocenters. The van der Waals surface area contributed by atoms with E-state index in [1.807, 2.05) is 54.6 Å². The van der Waals surface area contributed by atoms with Crippen LogP contribution in [0.2, 0.25) is 5.02 Å². The molecule has 5 rings (SSSR count). The van der Waals surface area contributed by atoms with E-state index in [4.69, 9.17) is 11.6 Å². The minimum absolute atomic E-state index is 0.188. The van der Waals surface area contributed by atoms with Crippen LogP contribution in [0.4, 0.5) is 0 Å². The molecule has 1 amide bonds. The molecule has 1 aliphatic rings. The van der Waals surface area contributed by atoms with Crippen LogP contribution >= 0.6 is 11.6 Å². The molecule has 4 aromatic rings. The Bertz CT molecular complexity index is 1200. The third-order valence-corrected chi connectivity index (χ3v) is 5.27. The second-order valence-corrected chi connectivity index (χ2v) is 7.38. The molecule has 3 aromatic carbocycles. The van der Waals surface area contributed by atoms with Gasteiger partial charge in [-0.1, -0.05) is 60.1 Å². The quantitative estimate of drug-likeness (QED) is 0.513. The zero-order valence-electron chi connectivity index (χ0n) is 15.4. The van der Waals surface area contributed by atoms with Gasteiger partial charge in [0.25, 0.3) is 5.91 Å². The number of benzene rings is 3. The summed E-state index contributed by atoms with van der Waals surface area (Å²) in [5.74, 6) is 0.501. The fourth-order valence-electron chi connectivity index (χ4n) is 3.62. The van der Waals surface area contributed by atoms with Crippen LogP contribution in [-0.2, 0) is 0 Å². The summed E-state index contributed by atoms with van der Waals surface area (Å²) >= 11 is 6.10. The molecular weight excluding hydrogens is 384 g/mol. The van der Waals surface area contributed by atoms with Gasteiger partial charge >= 0.3 is 0 Å². The molecule has 0 radical (unpaired) electrons. The summed E-state index contributed by atoms with van der Waals surface area (Å²) in [7, 11) is 0. The first-order valence-electron chi connectivity index (χ1n) is 9.36. The van der Waals surface area contributed by atoms with Crippen molar-refractivity contribution in [2.24, 2.45) is 5.10 Å². The lowest BCUT2D eigenvalue weighted by Crippen LogP contribution is -2.27. The highest BCUT2D eigenvalue weighted by molar-refractivity contribution is 6.31. The van der Waals surface area contributed by atoms with Crippen LogP contribution in [0.15, 0.2) is 84.0 Å². The second-order valence-electron chi connectivity index (χ2n) is 6.94. The number of para-hydroxylation sites is 2. The average molecular weight is 401 g/mol. The maximum Gasteiger partial charge on any atom is 0.274 e. The Morgan fingerprint density at radius 3 is 2.59 bits per heavy atom. The molecule has 29 heavy (non-hydrogen) atoms. The number of amides is 1. The van der Waals surface area contributed by atoms with E-state index in [-0.39, 0.29) is 11.9 Å². The fraction of sp³-hybridized carbons (Fsp3) is 0.0870. The van der Waals surface area contributed by atoms with Crippen LogP contribution in [0.1, 0.15) is 34.2 Å². The van der Waals surface area contributed by atoms with Gasteiger partial charge in [0.15, 0.2) is 5.82 Å². The minimum Gasteiger partial charge on any atom is -0.337 e. The Labute approximate surface area is 172 Å². The topological polar surface area (TPSA) is 61.4 Å². The number of halogens is 1. The molecule has 0 aliphatic carbocycles. The molecule has 2 heterocycles. The summed E-state index contributed by atoms with van der Waals surface area (Å²) in [4.78, 5) is 21.2. The minimum atomic E-state index is -0.203. The predicted octanol–water partition coefficient (Wildman–Crippen LogP) is 5.21. The summed E-state index contributed by atoms with van der Waals surface area (Å²) in [6.45, 7) is 0. The maximum absolute atomic E-state index is 13.3. The van der Waals surface area contributed by atoms with Crippen LogP contribution in [-0.4, -0.2) is 26.6 Å². The molecule has 142 valence electrons. The summed E-state index contributed by atoms with van der Waals surface area (Å²) in [6, 6.07) is 24.5. The Balaban J connectivity index is 1.56. The number of carbonyl (C=O) groups is 1. The van der Waals surface area contributed by atoms with E-state index < -0.39 is 0 Å². The molecule has 0 saturated heterocycles. The first-order valence-corrected chi connectivity index (χ1v) is 9.73. The lowest BCUT2D eigenvalue weighted by molar-refractivity contribution is 0.0711. The summed E-state index contributed by atoms with van der Waals surface area (Å²) in [6.07, 6.45) is 0.580. The Morgan fingerprint density at radius 1 is 1.00 bits per heavy atom. The van der Waals surface area contributed by atoms with E-state index in [0.717, 1.165) is 22.3 Å². The molecule has 1 N–H and O–H groups in total. The van der Waals surface area contributed by atoms with Crippen molar-refractivity contribution < 1.29 is 4.79 Å². The number of rotatable bonds is 3. The van der Waals surface area contributed by atoms with Gasteiger partial charge in [-0.15, -0.1) is 0 Å². The monoisotopic (exact) mass is 400 g/mol. The van der Waals surface area contributed by atoms with Gasteiger partial charge in [-0.25, -0.2) is 9.99 Å². The van der Waals surface area contributed by atoms with Crippen molar-refractivity contribution in [3.8, 4) is 0 Å². The van der Waals surface area contributed by atoms with Crippen molar-refractivity contribution in [1.82, 2.24) is 15.0 Å². The lowest BCUT2D eigenvalue weighted by Gasteiger charge is -2.22. The molecule has 1 atom stereocenters. The maximum atomic E-state index is 13.3. The highest BCUT2D eigenvalue weighted by atomic mass is 35.5. The van der Waals surface area contributed by atoms with E-state index in [2.05, 4.69) is 15.1 Å². The fourth-order valence-corrected chi connectivity index (χ4v) is 3.81. The number of nitrogens with zero attached hydrogens (tertiary/aromatic N) is 3. The Hall–Kier alpha value is -3.44. The van der Waals surface area contributed by atoms with E-state index in [1.165, 1.54) is 0 Å². The number of aromatic amines is 1. The van der Waals surface area contributed by atoms with Crippen LogP contribution in [0.3, 0.4) is 0 Å². The zero-order valence-corrected chi connectivity index (χ0v) is 16.2. The van der Waals surface area contributed by atoms with Crippen LogP contribution in [0, 0.1) is 0 Å². The van der Waals surface area contributed by atoms with Gasteiger partial charge in [-0.05, 0) is 35.9 Å². The number of fused-ring (bicyclic) bond motifs is 1. The van der Waals surface area contributed by atoms with Crippen LogP contribution < -0.4 is 0 Å². The molecule has 0 saturated carbocycles. The first-order chi connectivity index (χ1) is 14.2. The summed E-state index contributed by atoms with van der Waals surface area (Å²) in [5.41, 5.74) is 4.11. The van der Waals surface area contributed by atoms with Crippen LogP contribution in [0.5, 0.6) is 0 Å². The number of hydrogen-bond acceptors (Lipinski definition) is 3. The third kappa shape index (κ3) is 3.30. The molecule has 1 aliphatic heterocycles. The van der Waals surface area contributed by atoms with Crippen molar-refractivity contribution in [3.05, 3.63) is 101 Å². The predicted molar refractivity (Wildman–Crippen MR) is 114 cm³/mol. The number of imidazole rings is 1. The third-order valence-electron chi connectivity index (χ3n) is 5.04. The van der Waals surface area contributed by atoms with Crippen molar-refractivity contribution in [1.29, 1.82) is 0 Å². The van der Waals surface area contributed by atoms with Gasteiger partial charge in [0, 0.05) is 17.0 Å². The number of aromatic nitrogens is 2. The number of nitrogens with one attached hydrogen (secondary N) is 1. The van der Waals surface area contributed by atoms with Gasteiger partial charge < -0.3 is 4.98 Å². The normalized spacial score (nSPS) is 16.2. The molecule has 6 heteroatoms. The molecule has 0 fully saturated rings. The van der Waals surface area contributed by atoms with E-state index >= 15 is 0 Å². The van der Waals surface area contributed by atoms with Gasteiger partial charge in [-0.3, -0.25) is 4.79 Å². The highest BCUT2D eigenvalue weighted by Crippen LogP contribution is 2.34. The van der Waals surface area contributed by atoms with Gasteiger partial charge in [0.1, 0.15) is 5.71 Å². The second kappa shape index (κ2) is 7.18. The van der Waals surface area contributed by atoms with Gasteiger partial charge in [-0.2, -0.15) is 5.10 Å². The molecular formula is C23H17ClN4O. The van der Waals surface area contributed by atoms with Crippen LogP contribution in [0.25, 0.3) is 11.0 Å². The highest BCUT2D eigenvalue weighted by Gasteiger charge is 2.34. The van der Waals surface area contributed by atoms with E-state index in [9.17, 15) is 4.79 Å². The Kier molecular flexibility index (Phi) is 4.37. The molecule has 0 spiro atoms. The number of hydrazone groups is 1.